The Morgan fingerprint density at radius 2 is 1.74 bits per heavy atom. The normalized spacial score (nSPS) is 17.0. The van der Waals surface area contributed by atoms with Gasteiger partial charge in [-0.2, -0.15) is 0 Å². The molecule has 7 heteroatoms. The zero-order valence-corrected chi connectivity index (χ0v) is 19.4. The number of anilines is 1. The molecule has 0 fully saturated rings. The third kappa shape index (κ3) is 6.49. The zero-order valence-electron chi connectivity index (χ0n) is 19.4. The molecule has 3 N–H and O–H groups in total. The van der Waals surface area contributed by atoms with Crippen molar-refractivity contribution in [2.75, 3.05) is 25.2 Å². The summed E-state index contributed by atoms with van der Waals surface area (Å²) in [6, 6.07) is 26.7. The van der Waals surface area contributed by atoms with Gasteiger partial charge in [0, 0.05) is 25.0 Å². The van der Waals surface area contributed by atoms with Crippen LogP contribution in [0.4, 0.5) is 5.69 Å². The summed E-state index contributed by atoms with van der Waals surface area (Å²) in [5.41, 5.74) is 7.22. The molecule has 1 atom stereocenters. The van der Waals surface area contributed by atoms with Gasteiger partial charge in [-0.1, -0.05) is 60.7 Å². The van der Waals surface area contributed by atoms with E-state index in [2.05, 4.69) is 10.9 Å². The molecule has 180 valence electrons. The lowest BCUT2D eigenvalue weighted by atomic mass is 9.95. The highest BCUT2D eigenvalue weighted by Crippen LogP contribution is 2.28. The molecule has 0 bridgehead atoms. The number of aliphatic imine (C=N–C) groups is 1. The fourth-order valence-electron chi connectivity index (χ4n) is 3.58. The van der Waals surface area contributed by atoms with Gasteiger partial charge >= 0.3 is 0 Å². The number of para-hydroxylation sites is 1. The molecule has 0 unspecified atom stereocenters. The summed E-state index contributed by atoms with van der Waals surface area (Å²) in [4.78, 5) is 18.1. The predicted octanol–water partition coefficient (Wildman–Crippen LogP) is 4.21. The second-order valence-electron chi connectivity index (χ2n) is 8.15. The van der Waals surface area contributed by atoms with Crippen molar-refractivity contribution in [3.63, 3.8) is 0 Å². The maximum atomic E-state index is 13.3. The average Bonchev–Trinajstić information content (AvgIpc) is 3.35. The van der Waals surface area contributed by atoms with Gasteiger partial charge in [0.1, 0.15) is 12.4 Å². The second-order valence-corrected chi connectivity index (χ2v) is 8.15. The van der Waals surface area contributed by atoms with Gasteiger partial charge < -0.3 is 14.6 Å². The Morgan fingerprint density at radius 1 is 1.03 bits per heavy atom. The minimum atomic E-state index is -1.11. The van der Waals surface area contributed by atoms with Crippen molar-refractivity contribution in [1.82, 2.24) is 5.43 Å². The van der Waals surface area contributed by atoms with E-state index in [9.17, 15) is 4.79 Å². The maximum absolute atomic E-state index is 13.3. The Kier molecular flexibility index (Phi) is 8.14. The minimum Gasteiger partial charge on any atom is -0.494 e. The number of aliphatic hydroxyl groups is 1. The number of ether oxygens (including phenoxy) is 2. The van der Waals surface area contributed by atoms with E-state index >= 15 is 0 Å². The van der Waals surface area contributed by atoms with Gasteiger partial charge in [-0.3, -0.25) is 15.6 Å². The predicted molar refractivity (Wildman–Crippen MR) is 137 cm³/mol. The Hall–Kier alpha value is -4.10. The standard InChI is InChI=1S/C28H29N3O4/c32-19-8-20-34-25-16-14-23(15-17-25)26-29-28(21-35-26,18-7-11-22-9-3-1-4-10-22)27(33)31-30-24-12-5-2-6-13-24/h1-7,9-17,30,32H,8,18-21H2,(H,31,33)/b11-7+/t28-/m0/s1. The summed E-state index contributed by atoms with van der Waals surface area (Å²) in [5, 5.41) is 8.90. The third-order valence-electron chi connectivity index (χ3n) is 5.52. The molecule has 4 rings (SSSR count). The molecular weight excluding hydrogens is 442 g/mol. The highest BCUT2D eigenvalue weighted by molar-refractivity contribution is 6.00. The number of benzene rings is 3. The van der Waals surface area contributed by atoms with E-state index in [1.54, 1.807) is 0 Å². The van der Waals surface area contributed by atoms with Gasteiger partial charge in [0.05, 0.1) is 12.3 Å². The molecule has 35 heavy (non-hydrogen) atoms. The first-order chi connectivity index (χ1) is 17.2. The molecule has 0 aliphatic carbocycles. The van der Waals surface area contributed by atoms with Crippen LogP contribution in [0.3, 0.4) is 0 Å². The van der Waals surface area contributed by atoms with Crippen LogP contribution in [-0.2, 0) is 9.53 Å². The zero-order chi connectivity index (χ0) is 24.3. The number of amides is 1. The smallest absolute Gasteiger partial charge is 0.270 e. The van der Waals surface area contributed by atoms with Crippen molar-refractivity contribution >= 4 is 23.6 Å². The van der Waals surface area contributed by atoms with Gasteiger partial charge in [0.15, 0.2) is 5.54 Å². The third-order valence-corrected chi connectivity index (χ3v) is 5.52. The molecule has 0 saturated carbocycles. The topological polar surface area (TPSA) is 92.2 Å². The van der Waals surface area contributed by atoms with Crippen LogP contribution in [0, 0.1) is 0 Å². The van der Waals surface area contributed by atoms with Crippen molar-refractivity contribution in [3.8, 4) is 5.75 Å². The van der Waals surface area contributed by atoms with Gasteiger partial charge in [0.2, 0.25) is 5.90 Å². The van der Waals surface area contributed by atoms with Crippen LogP contribution >= 0.6 is 0 Å². The van der Waals surface area contributed by atoms with Gasteiger partial charge in [-0.15, -0.1) is 0 Å². The number of nitrogens with one attached hydrogen (secondary N) is 2. The summed E-state index contributed by atoms with van der Waals surface area (Å²) in [6.45, 7) is 0.655. The van der Waals surface area contributed by atoms with E-state index in [0.29, 0.717) is 31.1 Å². The van der Waals surface area contributed by atoms with Gasteiger partial charge in [-0.25, -0.2) is 4.99 Å². The van der Waals surface area contributed by atoms with Crippen LogP contribution < -0.4 is 15.6 Å². The van der Waals surface area contributed by atoms with Crippen molar-refractivity contribution in [2.45, 2.75) is 18.4 Å². The molecule has 0 saturated heterocycles. The fourth-order valence-corrected chi connectivity index (χ4v) is 3.58. The Balaban J connectivity index is 1.51. The molecule has 0 aromatic heterocycles. The van der Waals surface area contributed by atoms with E-state index in [-0.39, 0.29) is 19.1 Å². The van der Waals surface area contributed by atoms with Crippen molar-refractivity contribution < 1.29 is 19.4 Å². The number of hydrazine groups is 1. The van der Waals surface area contributed by atoms with Crippen molar-refractivity contribution in [3.05, 3.63) is 102 Å². The highest BCUT2D eigenvalue weighted by atomic mass is 16.5. The first kappa shape index (κ1) is 24.0. The lowest BCUT2D eigenvalue weighted by molar-refractivity contribution is -0.126. The number of rotatable bonds is 11. The van der Waals surface area contributed by atoms with Crippen LogP contribution in [0.25, 0.3) is 6.08 Å². The molecule has 0 spiro atoms. The van der Waals surface area contributed by atoms with Crippen LogP contribution in [0.1, 0.15) is 24.0 Å². The summed E-state index contributed by atoms with van der Waals surface area (Å²) < 4.78 is 11.5. The van der Waals surface area contributed by atoms with Crippen molar-refractivity contribution in [2.24, 2.45) is 4.99 Å². The lowest BCUT2D eigenvalue weighted by Crippen LogP contribution is -2.48. The fraction of sp³-hybridized carbons (Fsp3) is 0.214. The Labute approximate surface area is 205 Å². The summed E-state index contributed by atoms with van der Waals surface area (Å²) in [5.74, 6) is 0.829. The number of aliphatic hydroxyl groups excluding tert-OH is 1. The van der Waals surface area contributed by atoms with E-state index < -0.39 is 5.54 Å². The average molecular weight is 472 g/mol. The number of hydrogen-bond donors (Lipinski definition) is 3. The van der Waals surface area contributed by atoms with E-state index in [0.717, 1.165) is 16.8 Å². The second kappa shape index (κ2) is 11.9. The van der Waals surface area contributed by atoms with Crippen LogP contribution in [-0.4, -0.2) is 42.3 Å². The number of carbonyl (C=O) groups is 1. The molecule has 1 amide bonds. The van der Waals surface area contributed by atoms with Crippen molar-refractivity contribution in [1.29, 1.82) is 0 Å². The Morgan fingerprint density at radius 3 is 2.46 bits per heavy atom. The lowest BCUT2D eigenvalue weighted by Gasteiger charge is -2.22. The quantitative estimate of drug-likeness (QED) is 0.288. The maximum Gasteiger partial charge on any atom is 0.270 e. The number of nitrogens with zero attached hydrogens (tertiary/aromatic N) is 1. The summed E-state index contributed by atoms with van der Waals surface area (Å²) >= 11 is 0. The molecule has 3 aromatic rings. The highest BCUT2D eigenvalue weighted by Gasteiger charge is 2.43. The SMILES string of the molecule is O=C(NNc1ccccc1)[C@]1(C/C=C/c2ccccc2)COC(c2ccc(OCCCO)cc2)=N1. The van der Waals surface area contributed by atoms with Crippen LogP contribution in [0.15, 0.2) is 96.0 Å². The van der Waals surface area contributed by atoms with E-state index in [1.165, 1.54) is 0 Å². The first-order valence-electron chi connectivity index (χ1n) is 11.6. The minimum absolute atomic E-state index is 0.0880. The molecule has 0 radical (unpaired) electrons. The van der Waals surface area contributed by atoms with E-state index in [4.69, 9.17) is 19.6 Å². The molecular formula is C28H29N3O4. The number of carbonyl (C=O) groups excluding carboxylic acids is 1. The van der Waals surface area contributed by atoms with Gasteiger partial charge in [-0.05, 0) is 42.0 Å². The molecule has 1 aliphatic heterocycles. The van der Waals surface area contributed by atoms with Crippen LogP contribution in [0.2, 0.25) is 0 Å². The summed E-state index contributed by atoms with van der Waals surface area (Å²) in [6.07, 6.45) is 4.87. The molecule has 7 nitrogen and oxygen atoms in total. The molecule has 1 heterocycles. The molecule has 3 aromatic carbocycles. The largest absolute Gasteiger partial charge is 0.494 e. The monoisotopic (exact) mass is 471 g/mol. The molecule has 1 aliphatic rings. The first-order valence-corrected chi connectivity index (χ1v) is 11.6. The van der Waals surface area contributed by atoms with Crippen LogP contribution in [0.5, 0.6) is 5.75 Å². The number of hydrogen-bond acceptors (Lipinski definition) is 6. The summed E-state index contributed by atoms with van der Waals surface area (Å²) in [7, 11) is 0. The van der Waals surface area contributed by atoms with E-state index in [1.807, 2.05) is 97.1 Å². The Bertz CT molecular complexity index is 1150. The van der Waals surface area contributed by atoms with Gasteiger partial charge in [0.25, 0.3) is 5.91 Å².